The van der Waals surface area contributed by atoms with Gasteiger partial charge in [-0.1, -0.05) is 85.8 Å². The van der Waals surface area contributed by atoms with E-state index in [1.54, 1.807) is 0 Å². The monoisotopic (exact) mass is 351 g/mol. The molecule has 0 fully saturated rings. The molecule has 1 aliphatic rings. The highest BCUT2D eigenvalue weighted by molar-refractivity contribution is 6.01. The van der Waals surface area contributed by atoms with Crippen LogP contribution in [0.3, 0.4) is 0 Å². The van der Waals surface area contributed by atoms with Crippen molar-refractivity contribution in [2.45, 2.75) is 26.2 Å². The molecular formula is C26H25N. The Kier molecular flexibility index (Phi) is 5.20. The van der Waals surface area contributed by atoms with E-state index in [9.17, 15) is 0 Å². The van der Waals surface area contributed by atoms with Gasteiger partial charge in [-0.2, -0.15) is 0 Å². The zero-order chi connectivity index (χ0) is 18.5. The van der Waals surface area contributed by atoms with Gasteiger partial charge in [-0.25, -0.2) is 0 Å². The van der Waals surface area contributed by atoms with Crippen molar-refractivity contribution in [2.24, 2.45) is 0 Å². The van der Waals surface area contributed by atoms with E-state index >= 15 is 0 Å². The molecule has 0 unspecified atom stereocenters. The maximum Gasteiger partial charge on any atom is 0.0612 e. The van der Waals surface area contributed by atoms with Gasteiger partial charge in [0.2, 0.25) is 0 Å². The molecule has 0 radical (unpaired) electrons. The first kappa shape index (κ1) is 17.4. The van der Waals surface area contributed by atoms with Crippen molar-refractivity contribution in [3.05, 3.63) is 102 Å². The van der Waals surface area contributed by atoms with E-state index in [1.807, 2.05) is 0 Å². The Morgan fingerprint density at radius 3 is 2.48 bits per heavy atom. The van der Waals surface area contributed by atoms with Crippen LogP contribution in [0.15, 0.2) is 96.7 Å². The number of anilines is 2. The van der Waals surface area contributed by atoms with Gasteiger partial charge in [-0.05, 0) is 48.4 Å². The third-order valence-electron chi connectivity index (χ3n) is 4.94. The summed E-state index contributed by atoms with van der Waals surface area (Å²) in [6.07, 6.45) is 14.6. The van der Waals surface area contributed by atoms with Crippen molar-refractivity contribution in [3.8, 4) is 0 Å². The fourth-order valence-corrected chi connectivity index (χ4v) is 3.65. The van der Waals surface area contributed by atoms with Gasteiger partial charge >= 0.3 is 0 Å². The molecule has 0 saturated carbocycles. The normalized spacial score (nSPS) is 13.9. The number of para-hydroxylation sites is 1. The van der Waals surface area contributed by atoms with Crippen LogP contribution in [-0.4, -0.2) is 0 Å². The second-order valence-corrected chi connectivity index (χ2v) is 6.81. The average Bonchev–Trinajstić information content (AvgIpc) is 2.75. The van der Waals surface area contributed by atoms with Crippen LogP contribution in [0.2, 0.25) is 0 Å². The number of hydrogen-bond acceptors (Lipinski definition) is 1. The molecule has 1 nitrogen and oxygen atoms in total. The van der Waals surface area contributed by atoms with Crippen molar-refractivity contribution in [2.75, 3.05) is 4.90 Å². The quantitative estimate of drug-likeness (QED) is 0.456. The number of allylic oxidation sites excluding steroid dienone is 4. The van der Waals surface area contributed by atoms with E-state index < -0.39 is 0 Å². The highest BCUT2D eigenvalue weighted by atomic mass is 15.1. The minimum absolute atomic E-state index is 1.03. The summed E-state index contributed by atoms with van der Waals surface area (Å²) in [6, 6.07) is 23.8. The number of benzene rings is 3. The molecule has 0 saturated heterocycles. The number of nitrogens with zero attached hydrogens (tertiary/aromatic N) is 1. The van der Waals surface area contributed by atoms with Crippen molar-refractivity contribution in [3.63, 3.8) is 0 Å². The maximum atomic E-state index is 2.41. The molecule has 3 aromatic rings. The molecule has 0 N–H and O–H groups in total. The first-order chi connectivity index (χ1) is 13.4. The summed E-state index contributed by atoms with van der Waals surface area (Å²) in [7, 11) is 0. The summed E-state index contributed by atoms with van der Waals surface area (Å²) in [4.78, 5) is 2.41. The third-order valence-corrected chi connectivity index (χ3v) is 4.94. The molecule has 27 heavy (non-hydrogen) atoms. The van der Waals surface area contributed by atoms with Crippen molar-refractivity contribution >= 4 is 28.2 Å². The average molecular weight is 351 g/mol. The van der Waals surface area contributed by atoms with Gasteiger partial charge in [0.25, 0.3) is 0 Å². The molecule has 0 aliphatic heterocycles. The van der Waals surface area contributed by atoms with Gasteiger partial charge in [-0.3, -0.25) is 0 Å². The van der Waals surface area contributed by atoms with Gasteiger partial charge < -0.3 is 4.90 Å². The van der Waals surface area contributed by atoms with Crippen LogP contribution in [0.1, 0.15) is 31.7 Å². The Balaban J connectivity index is 2.01. The van der Waals surface area contributed by atoms with Crippen molar-refractivity contribution in [1.82, 2.24) is 0 Å². The summed E-state index contributed by atoms with van der Waals surface area (Å²) >= 11 is 0. The Hall–Kier alpha value is -3.06. The topological polar surface area (TPSA) is 3.24 Å². The zero-order valence-corrected chi connectivity index (χ0v) is 15.8. The number of fused-ring (bicyclic) bond motifs is 1. The SMILES string of the molecule is CC/C=C\c1ccc2ccccc2c1N(C1=CCCC=C1)c1ccccc1. The van der Waals surface area contributed by atoms with Crippen LogP contribution in [0, 0.1) is 0 Å². The second kappa shape index (κ2) is 8.09. The fraction of sp³-hybridized carbons (Fsp3) is 0.154. The highest BCUT2D eigenvalue weighted by Gasteiger charge is 2.19. The largest absolute Gasteiger partial charge is 0.310 e. The molecule has 0 atom stereocenters. The minimum Gasteiger partial charge on any atom is -0.310 e. The van der Waals surface area contributed by atoms with Gasteiger partial charge in [-0.15, -0.1) is 0 Å². The predicted molar refractivity (Wildman–Crippen MR) is 118 cm³/mol. The number of rotatable bonds is 5. The first-order valence-electron chi connectivity index (χ1n) is 9.78. The lowest BCUT2D eigenvalue weighted by atomic mass is 10.00. The van der Waals surface area contributed by atoms with Crippen LogP contribution in [0.25, 0.3) is 16.8 Å². The third kappa shape index (κ3) is 3.59. The van der Waals surface area contributed by atoms with Gasteiger partial charge in [0, 0.05) is 16.8 Å². The smallest absolute Gasteiger partial charge is 0.0612 e. The van der Waals surface area contributed by atoms with Crippen LogP contribution in [-0.2, 0) is 0 Å². The molecule has 1 heteroatoms. The lowest BCUT2D eigenvalue weighted by molar-refractivity contribution is 0.998. The Bertz CT molecular complexity index is 1010. The molecule has 0 bridgehead atoms. The Labute approximate surface area is 162 Å². The van der Waals surface area contributed by atoms with Crippen molar-refractivity contribution in [1.29, 1.82) is 0 Å². The fourth-order valence-electron chi connectivity index (χ4n) is 3.65. The van der Waals surface area contributed by atoms with E-state index in [1.165, 1.54) is 33.4 Å². The van der Waals surface area contributed by atoms with Gasteiger partial charge in [0.05, 0.1) is 5.69 Å². The standard InChI is InChI=1S/C26H25N/c1-2-3-12-22-20-19-21-13-10-11-18-25(21)26(22)27(23-14-6-4-7-15-23)24-16-8-5-9-17-24/h3-4,6-8,10-20H,2,5,9H2,1H3/b12-3-. The second-order valence-electron chi connectivity index (χ2n) is 6.81. The van der Waals surface area contributed by atoms with E-state index in [2.05, 4.69) is 109 Å². The van der Waals surface area contributed by atoms with Crippen LogP contribution in [0.5, 0.6) is 0 Å². The summed E-state index contributed by atoms with van der Waals surface area (Å²) in [6.45, 7) is 2.18. The molecular weight excluding hydrogens is 326 g/mol. The Morgan fingerprint density at radius 2 is 1.70 bits per heavy atom. The molecule has 4 rings (SSSR count). The van der Waals surface area contributed by atoms with E-state index in [4.69, 9.17) is 0 Å². The molecule has 1 aliphatic carbocycles. The van der Waals surface area contributed by atoms with Gasteiger partial charge in [0.1, 0.15) is 0 Å². The van der Waals surface area contributed by atoms with Crippen molar-refractivity contribution < 1.29 is 0 Å². The number of hydrogen-bond donors (Lipinski definition) is 0. The van der Waals surface area contributed by atoms with E-state index in [0.717, 1.165) is 19.3 Å². The molecule has 3 aromatic carbocycles. The summed E-state index contributed by atoms with van der Waals surface area (Å²) < 4.78 is 0. The van der Waals surface area contributed by atoms with Crippen LogP contribution < -0.4 is 4.90 Å². The minimum atomic E-state index is 1.03. The lowest BCUT2D eigenvalue weighted by Crippen LogP contribution is -2.17. The van der Waals surface area contributed by atoms with Gasteiger partial charge in [0.15, 0.2) is 0 Å². The molecule has 134 valence electrons. The van der Waals surface area contributed by atoms with Crippen LogP contribution in [0.4, 0.5) is 11.4 Å². The Morgan fingerprint density at radius 1 is 0.889 bits per heavy atom. The maximum absolute atomic E-state index is 2.41. The summed E-state index contributed by atoms with van der Waals surface area (Å²) in [5.74, 6) is 0. The molecule has 0 aromatic heterocycles. The van der Waals surface area contributed by atoms with Crippen LogP contribution >= 0.6 is 0 Å². The molecule has 0 spiro atoms. The highest BCUT2D eigenvalue weighted by Crippen LogP contribution is 2.40. The summed E-state index contributed by atoms with van der Waals surface area (Å²) in [5.41, 5.74) is 4.94. The van der Waals surface area contributed by atoms with E-state index in [0.29, 0.717) is 0 Å². The zero-order valence-electron chi connectivity index (χ0n) is 15.8. The summed E-state index contributed by atoms with van der Waals surface area (Å²) in [5, 5.41) is 2.54. The molecule has 0 heterocycles. The first-order valence-corrected chi connectivity index (χ1v) is 9.78. The molecule has 0 amide bonds. The van der Waals surface area contributed by atoms with E-state index in [-0.39, 0.29) is 0 Å². The lowest BCUT2D eigenvalue weighted by Gasteiger charge is -2.30. The predicted octanol–water partition coefficient (Wildman–Crippen LogP) is 7.64.